The molecular formula is C24H31N7. The number of aromatic amines is 1. The first kappa shape index (κ1) is 21.1. The Morgan fingerprint density at radius 1 is 1.10 bits per heavy atom. The maximum atomic E-state index is 4.82. The molecule has 1 aliphatic rings. The molecule has 1 aromatic heterocycles. The first-order chi connectivity index (χ1) is 15.3. The van der Waals surface area contributed by atoms with Crippen LogP contribution in [0.25, 0.3) is 11.4 Å². The van der Waals surface area contributed by atoms with E-state index >= 15 is 0 Å². The van der Waals surface area contributed by atoms with Gasteiger partial charge >= 0.3 is 0 Å². The zero-order chi connectivity index (χ0) is 21.3. The number of rotatable bonds is 7. The van der Waals surface area contributed by atoms with Gasteiger partial charge in [-0.15, -0.1) is 0 Å². The van der Waals surface area contributed by atoms with Crippen LogP contribution in [0.15, 0.2) is 65.9 Å². The van der Waals surface area contributed by atoms with Crippen molar-refractivity contribution in [3.05, 3.63) is 72.1 Å². The Morgan fingerprint density at radius 3 is 2.65 bits per heavy atom. The number of piperidine rings is 1. The van der Waals surface area contributed by atoms with Crippen LogP contribution in [0.2, 0.25) is 0 Å². The zero-order valence-electron chi connectivity index (χ0n) is 18.1. The van der Waals surface area contributed by atoms with Gasteiger partial charge in [-0.3, -0.25) is 10.00 Å². The van der Waals surface area contributed by atoms with Crippen molar-refractivity contribution in [2.24, 2.45) is 4.99 Å². The van der Waals surface area contributed by atoms with Gasteiger partial charge in [-0.05, 0) is 37.0 Å². The Morgan fingerprint density at radius 2 is 1.90 bits per heavy atom. The second-order valence-corrected chi connectivity index (χ2v) is 7.91. The molecule has 162 valence electrons. The third kappa shape index (κ3) is 6.15. The fourth-order valence-corrected chi connectivity index (χ4v) is 3.92. The van der Waals surface area contributed by atoms with Gasteiger partial charge in [-0.25, -0.2) is 9.98 Å². The highest BCUT2D eigenvalue weighted by atomic mass is 15.2. The molecule has 7 nitrogen and oxygen atoms in total. The Balaban J connectivity index is 1.31. The van der Waals surface area contributed by atoms with Crippen LogP contribution in [0.1, 0.15) is 30.9 Å². The van der Waals surface area contributed by atoms with E-state index in [-0.39, 0.29) is 0 Å². The van der Waals surface area contributed by atoms with Gasteiger partial charge in [0.2, 0.25) is 0 Å². The molecule has 0 unspecified atom stereocenters. The molecule has 2 heterocycles. The van der Waals surface area contributed by atoms with Crippen LogP contribution >= 0.6 is 0 Å². The molecule has 3 aromatic rings. The number of nitrogens with one attached hydrogen (secondary N) is 3. The monoisotopic (exact) mass is 417 g/mol. The van der Waals surface area contributed by atoms with Crippen molar-refractivity contribution in [2.75, 3.05) is 19.6 Å². The average molecular weight is 418 g/mol. The lowest BCUT2D eigenvalue weighted by atomic mass is 10.0. The van der Waals surface area contributed by atoms with E-state index in [1.54, 1.807) is 0 Å². The molecule has 1 fully saturated rings. The maximum Gasteiger partial charge on any atom is 0.191 e. The third-order valence-corrected chi connectivity index (χ3v) is 5.56. The summed E-state index contributed by atoms with van der Waals surface area (Å²) in [4.78, 5) is 11.6. The fourth-order valence-electron chi connectivity index (χ4n) is 3.92. The summed E-state index contributed by atoms with van der Waals surface area (Å²) in [5.41, 5.74) is 3.55. The second kappa shape index (κ2) is 10.7. The van der Waals surface area contributed by atoms with Crippen LogP contribution < -0.4 is 10.6 Å². The standard InChI is InChI=1S/C24H31N7/c1-2-25-24(26-16-20-9-6-10-21(15-20)23-27-18-28-30-23)29-22-11-13-31(14-12-22)17-19-7-4-3-5-8-19/h3-10,15,18,22H,2,11-14,16-17H2,1H3,(H2,25,26,29)(H,27,28,30). The lowest BCUT2D eigenvalue weighted by Crippen LogP contribution is -2.48. The topological polar surface area (TPSA) is 81.2 Å². The number of H-pyrrole nitrogens is 1. The molecule has 4 rings (SSSR count). The number of benzene rings is 2. The van der Waals surface area contributed by atoms with Crippen molar-refractivity contribution in [1.82, 2.24) is 30.7 Å². The predicted octanol–water partition coefficient (Wildman–Crippen LogP) is 3.19. The van der Waals surface area contributed by atoms with Crippen molar-refractivity contribution in [2.45, 2.75) is 38.9 Å². The van der Waals surface area contributed by atoms with Crippen molar-refractivity contribution >= 4 is 5.96 Å². The molecule has 0 amide bonds. The molecule has 1 aliphatic heterocycles. The van der Waals surface area contributed by atoms with E-state index in [9.17, 15) is 0 Å². The molecule has 0 aliphatic carbocycles. The van der Waals surface area contributed by atoms with Crippen LogP contribution in [-0.2, 0) is 13.1 Å². The number of hydrogen-bond donors (Lipinski definition) is 3. The number of likely N-dealkylation sites (tertiary alicyclic amines) is 1. The number of aliphatic imine (C=N–C) groups is 1. The minimum atomic E-state index is 0.449. The number of aromatic nitrogens is 3. The Hall–Kier alpha value is -3.19. The summed E-state index contributed by atoms with van der Waals surface area (Å²) in [5, 5.41) is 13.9. The summed E-state index contributed by atoms with van der Waals surface area (Å²) in [5.74, 6) is 1.66. The molecule has 0 bridgehead atoms. The van der Waals surface area contributed by atoms with E-state index in [1.165, 1.54) is 11.9 Å². The summed E-state index contributed by atoms with van der Waals surface area (Å²) in [7, 11) is 0. The van der Waals surface area contributed by atoms with E-state index < -0.39 is 0 Å². The lowest BCUT2D eigenvalue weighted by molar-refractivity contribution is 0.198. The fraction of sp³-hybridized carbons (Fsp3) is 0.375. The molecule has 7 heteroatoms. The van der Waals surface area contributed by atoms with Gasteiger partial charge in [0.15, 0.2) is 11.8 Å². The lowest BCUT2D eigenvalue weighted by Gasteiger charge is -2.33. The summed E-state index contributed by atoms with van der Waals surface area (Å²) in [6.45, 7) is 6.80. The van der Waals surface area contributed by atoms with Crippen LogP contribution in [0.5, 0.6) is 0 Å². The van der Waals surface area contributed by atoms with Crippen molar-refractivity contribution in [3.8, 4) is 11.4 Å². The second-order valence-electron chi connectivity index (χ2n) is 7.91. The van der Waals surface area contributed by atoms with Gasteiger partial charge < -0.3 is 10.6 Å². The summed E-state index contributed by atoms with van der Waals surface area (Å²) >= 11 is 0. The first-order valence-corrected chi connectivity index (χ1v) is 11.1. The SMILES string of the molecule is CCNC(=NCc1cccc(-c2ncn[nH]2)c1)NC1CCN(Cc2ccccc2)CC1. The summed E-state index contributed by atoms with van der Waals surface area (Å²) in [6.07, 6.45) is 3.77. The minimum absolute atomic E-state index is 0.449. The molecule has 31 heavy (non-hydrogen) atoms. The molecular weight excluding hydrogens is 386 g/mol. The van der Waals surface area contributed by atoms with Crippen molar-refractivity contribution in [3.63, 3.8) is 0 Å². The molecule has 0 radical (unpaired) electrons. The van der Waals surface area contributed by atoms with Gasteiger partial charge in [0.1, 0.15) is 6.33 Å². The zero-order valence-corrected chi connectivity index (χ0v) is 18.1. The van der Waals surface area contributed by atoms with Crippen LogP contribution in [-0.4, -0.2) is 51.7 Å². The average Bonchev–Trinajstić information content (AvgIpc) is 3.35. The van der Waals surface area contributed by atoms with Gasteiger partial charge in [-0.1, -0.05) is 48.5 Å². The van der Waals surface area contributed by atoms with E-state index in [1.807, 2.05) is 12.1 Å². The van der Waals surface area contributed by atoms with E-state index in [4.69, 9.17) is 4.99 Å². The van der Waals surface area contributed by atoms with Crippen LogP contribution in [0.3, 0.4) is 0 Å². The van der Waals surface area contributed by atoms with E-state index in [2.05, 4.69) is 80.1 Å². The molecule has 0 saturated carbocycles. The Labute approximate surface area is 184 Å². The quantitative estimate of drug-likeness (QED) is 0.406. The highest BCUT2D eigenvalue weighted by Crippen LogP contribution is 2.16. The van der Waals surface area contributed by atoms with Gasteiger partial charge in [0.25, 0.3) is 0 Å². The van der Waals surface area contributed by atoms with Crippen LogP contribution in [0, 0.1) is 0 Å². The molecule has 2 aromatic carbocycles. The van der Waals surface area contributed by atoms with Gasteiger partial charge in [0, 0.05) is 37.8 Å². The third-order valence-electron chi connectivity index (χ3n) is 5.56. The van der Waals surface area contributed by atoms with E-state index in [0.717, 1.165) is 61.9 Å². The van der Waals surface area contributed by atoms with E-state index in [0.29, 0.717) is 12.6 Å². The van der Waals surface area contributed by atoms with Gasteiger partial charge in [-0.2, -0.15) is 5.10 Å². The summed E-state index contributed by atoms with van der Waals surface area (Å²) in [6, 6.07) is 19.4. The largest absolute Gasteiger partial charge is 0.357 e. The molecule has 0 spiro atoms. The molecule has 0 atom stereocenters. The smallest absolute Gasteiger partial charge is 0.191 e. The highest BCUT2D eigenvalue weighted by molar-refractivity contribution is 5.80. The Bertz CT molecular complexity index is 945. The van der Waals surface area contributed by atoms with Gasteiger partial charge in [0.05, 0.1) is 6.54 Å². The summed E-state index contributed by atoms with van der Waals surface area (Å²) < 4.78 is 0. The Kier molecular flexibility index (Phi) is 7.28. The van der Waals surface area contributed by atoms with Crippen molar-refractivity contribution < 1.29 is 0 Å². The molecule has 3 N–H and O–H groups in total. The number of nitrogens with zero attached hydrogens (tertiary/aromatic N) is 4. The highest BCUT2D eigenvalue weighted by Gasteiger charge is 2.20. The molecule has 1 saturated heterocycles. The normalized spacial score (nSPS) is 15.7. The maximum absolute atomic E-state index is 4.82. The van der Waals surface area contributed by atoms with Crippen molar-refractivity contribution in [1.29, 1.82) is 0 Å². The number of guanidine groups is 1. The minimum Gasteiger partial charge on any atom is -0.357 e. The first-order valence-electron chi connectivity index (χ1n) is 11.1. The van der Waals surface area contributed by atoms with Crippen LogP contribution in [0.4, 0.5) is 0 Å². The predicted molar refractivity (Wildman–Crippen MR) is 125 cm³/mol. The number of hydrogen-bond acceptors (Lipinski definition) is 4.